The molecule has 2 N–H and O–H groups in total. The summed E-state index contributed by atoms with van der Waals surface area (Å²) in [7, 11) is 3.14. The second-order valence-electron chi connectivity index (χ2n) is 3.99. The van der Waals surface area contributed by atoms with E-state index in [1.807, 2.05) is 13.2 Å². The number of carbonyl (C=O) groups is 1. The molecule has 0 atom stereocenters. The molecule has 0 aliphatic carbocycles. The van der Waals surface area contributed by atoms with Crippen molar-refractivity contribution in [1.82, 2.24) is 19.3 Å². The molecule has 2 aromatic rings. The summed E-state index contributed by atoms with van der Waals surface area (Å²) in [5.41, 5.74) is 7.05. The van der Waals surface area contributed by atoms with Gasteiger partial charge in [-0.3, -0.25) is 4.68 Å². The molecule has 2 aromatic heterocycles. The minimum atomic E-state index is -0.527. The molecule has 18 heavy (non-hydrogen) atoms. The summed E-state index contributed by atoms with van der Waals surface area (Å²) >= 11 is 0. The van der Waals surface area contributed by atoms with Crippen molar-refractivity contribution in [3.05, 3.63) is 29.5 Å². The predicted octanol–water partition coefficient (Wildman–Crippen LogP) is 0.342. The van der Waals surface area contributed by atoms with E-state index < -0.39 is 5.97 Å². The van der Waals surface area contributed by atoms with Crippen molar-refractivity contribution in [1.29, 1.82) is 0 Å². The summed E-state index contributed by atoms with van der Waals surface area (Å²) in [5.74, 6) is 0.445. The van der Waals surface area contributed by atoms with Crippen molar-refractivity contribution < 1.29 is 9.53 Å². The molecule has 2 rings (SSSR count). The molecule has 96 valence electrons. The number of rotatable bonds is 3. The van der Waals surface area contributed by atoms with Crippen LogP contribution in [0.2, 0.25) is 0 Å². The van der Waals surface area contributed by atoms with Gasteiger partial charge in [0.2, 0.25) is 0 Å². The first-order chi connectivity index (χ1) is 8.52. The van der Waals surface area contributed by atoms with Crippen molar-refractivity contribution >= 4 is 11.8 Å². The minimum absolute atomic E-state index is 0.152. The fourth-order valence-electron chi connectivity index (χ4n) is 1.76. The Kier molecular flexibility index (Phi) is 3.05. The Morgan fingerprint density at radius 3 is 2.83 bits per heavy atom. The summed E-state index contributed by atoms with van der Waals surface area (Å²) in [6.07, 6.45) is 3.63. The Balaban J connectivity index is 2.34. The van der Waals surface area contributed by atoms with Crippen molar-refractivity contribution in [3.8, 4) is 0 Å². The zero-order valence-electron chi connectivity index (χ0n) is 10.5. The first-order valence-corrected chi connectivity index (χ1v) is 5.41. The molecule has 0 aliphatic heterocycles. The number of ether oxygens (including phenoxy) is 1. The van der Waals surface area contributed by atoms with Crippen LogP contribution in [0.1, 0.15) is 21.9 Å². The molecule has 0 saturated carbocycles. The van der Waals surface area contributed by atoms with Gasteiger partial charge in [-0.05, 0) is 6.92 Å². The zero-order valence-corrected chi connectivity index (χ0v) is 10.5. The van der Waals surface area contributed by atoms with Gasteiger partial charge in [0.25, 0.3) is 0 Å². The lowest BCUT2D eigenvalue weighted by Gasteiger charge is -2.05. The van der Waals surface area contributed by atoms with Gasteiger partial charge < -0.3 is 15.0 Å². The molecule has 7 heteroatoms. The van der Waals surface area contributed by atoms with Gasteiger partial charge in [-0.1, -0.05) is 0 Å². The number of nitrogen functional groups attached to an aromatic ring is 1. The van der Waals surface area contributed by atoms with Crippen LogP contribution in [-0.2, 0) is 18.3 Å². The third-order valence-electron chi connectivity index (χ3n) is 2.68. The van der Waals surface area contributed by atoms with Gasteiger partial charge in [0.1, 0.15) is 11.6 Å². The third kappa shape index (κ3) is 2.06. The summed E-state index contributed by atoms with van der Waals surface area (Å²) in [6, 6.07) is 0. The fourth-order valence-corrected chi connectivity index (χ4v) is 1.76. The van der Waals surface area contributed by atoms with E-state index in [-0.39, 0.29) is 5.69 Å². The summed E-state index contributed by atoms with van der Waals surface area (Å²) in [4.78, 5) is 15.6. The predicted molar refractivity (Wildman–Crippen MR) is 65.0 cm³/mol. The Bertz CT molecular complexity index is 584. The number of hydrogen-bond donors (Lipinski definition) is 1. The number of hydrogen-bond acceptors (Lipinski definition) is 5. The van der Waals surface area contributed by atoms with Gasteiger partial charge in [0.05, 0.1) is 19.9 Å². The topological polar surface area (TPSA) is 88.0 Å². The highest BCUT2D eigenvalue weighted by molar-refractivity contribution is 5.92. The smallest absolute Gasteiger partial charge is 0.360 e. The average Bonchev–Trinajstić information content (AvgIpc) is 2.87. The van der Waals surface area contributed by atoms with Crippen LogP contribution in [0.25, 0.3) is 0 Å². The van der Waals surface area contributed by atoms with E-state index in [1.165, 1.54) is 7.11 Å². The van der Waals surface area contributed by atoms with E-state index >= 15 is 0 Å². The number of aromatic nitrogens is 4. The summed E-state index contributed by atoms with van der Waals surface area (Å²) in [6.45, 7) is 2.31. The molecule has 0 amide bonds. The Labute approximate surface area is 104 Å². The molecule has 0 fully saturated rings. The first kappa shape index (κ1) is 12.2. The number of nitrogens with zero attached hydrogens (tertiary/aromatic N) is 4. The van der Waals surface area contributed by atoms with Crippen molar-refractivity contribution in [2.75, 3.05) is 12.8 Å². The monoisotopic (exact) mass is 249 g/mol. The van der Waals surface area contributed by atoms with Gasteiger partial charge >= 0.3 is 5.97 Å². The molecule has 0 bridgehead atoms. The lowest BCUT2D eigenvalue weighted by Crippen LogP contribution is -2.09. The molecular weight excluding hydrogens is 234 g/mol. The number of esters is 1. The van der Waals surface area contributed by atoms with Crippen molar-refractivity contribution in [2.24, 2.45) is 7.05 Å². The molecule has 0 spiro atoms. The first-order valence-electron chi connectivity index (χ1n) is 5.41. The van der Waals surface area contributed by atoms with Gasteiger partial charge in [0.15, 0.2) is 5.69 Å². The lowest BCUT2D eigenvalue weighted by molar-refractivity contribution is 0.0595. The largest absolute Gasteiger partial charge is 0.464 e. The average molecular weight is 249 g/mol. The molecule has 0 unspecified atom stereocenters. The molecule has 0 radical (unpaired) electrons. The quantitative estimate of drug-likeness (QED) is 0.792. The van der Waals surface area contributed by atoms with E-state index in [4.69, 9.17) is 5.73 Å². The molecular formula is C11H15N5O2. The molecule has 7 nitrogen and oxygen atoms in total. The number of anilines is 1. The number of methoxy groups -OCH3 is 1. The van der Waals surface area contributed by atoms with Crippen LogP contribution in [-0.4, -0.2) is 32.4 Å². The Morgan fingerprint density at radius 2 is 2.28 bits per heavy atom. The third-order valence-corrected chi connectivity index (χ3v) is 2.68. The van der Waals surface area contributed by atoms with E-state index in [0.29, 0.717) is 18.2 Å². The van der Waals surface area contributed by atoms with Crippen molar-refractivity contribution in [3.63, 3.8) is 0 Å². The second kappa shape index (κ2) is 4.52. The molecule has 2 heterocycles. The van der Waals surface area contributed by atoms with E-state index in [9.17, 15) is 4.79 Å². The Morgan fingerprint density at radius 1 is 1.56 bits per heavy atom. The van der Waals surface area contributed by atoms with Crippen LogP contribution >= 0.6 is 0 Å². The normalized spacial score (nSPS) is 10.6. The van der Waals surface area contributed by atoms with E-state index in [1.54, 1.807) is 22.4 Å². The van der Waals surface area contributed by atoms with Gasteiger partial charge in [-0.25, -0.2) is 9.78 Å². The molecule has 0 saturated heterocycles. The highest BCUT2D eigenvalue weighted by Gasteiger charge is 2.19. The fraction of sp³-hybridized carbons (Fsp3) is 0.364. The van der Waals surface area contributed by atoms with Crippen LogP contribution in [0.4, 0.5) is 5.82 Å². The number of nitrogens with two attached hydrogens (primary N) is 1. The molecule has 0 aliphatic rings. The highest BCUT2D eigenvalue weighted by atomic mass is 16.5. The number of aryl methyl sites for hydroxylation is 2. The number of imidazole rings is 1. The zero-order chi connectivity index (χ0) is 13.3. The summed E-state index contributed by atoms with van der Waals surface area (Å²) < 4.78 is 8.09. The van der Waals surface area contributed by atoms with E-state index in [0.717, 1.165) is 5.56 Å². The van der Waals surface area contributed by atoms with Crippen LogP contribution in [0, 0.1) is 6.92 Å². The van der Waals surface area contributed by atoms with Crippen molar-refractivity contribution in [2.45, 2.75) is 13.5 Å². The minimum Gasteiger partial charge on any atom is -0.464 e. The number of carbonyl (C=O) groups excluding carboxylic acids is 1. The SMILES string of the molecule is COC(=O)c1nc(C)n(Cc2cnn(C)c2)c1N. The van der Waals surface area contributed by atoms with Crippen LogP contribution < -0.4 is 5.73 Å². The molecule has 0 aromatic carbocycles. The standard InChI is InChI=1S/C11H15N5O2/c1-7-14-9(11(17)18-3)10(12)16(7)6-8-4-13-15(2)5-8/h4-5H,6,12H2,1-3H3. The highest BCUT2D eigenvalue weighted by Crippen LogP contribution is 2.16. The van der Waals surface area contributed by atoms with Gasteiger partial charge in [-0.15, -0.1) is 0 Å². The van der Waals surface area contributed by atoms with Gasteiger partial charge in [-0.2, -0.15) is 5.10 Å². The van der Waals surface area contributed by atoms with Crippen LogP contribution in [0.15, 0.2) is 12.4 Å². The lowest BCUT2D eigenvalue weighted by atomic mass is 10.3. The maximum absolute atomic E-state index is 11.5. The maximum Gasteiger partial charge on any atom is 0.360 e. The maximum atomic E-state index is 11.5. The van der Waals surface area contributed by atoms with Crippen LogP contribution in [0.3, 0.4) is 0 Å². The Hall–Kier alpha value is -2.31. The second-order valence-corrected chi connectivity index (χ2v) is 3.99. The van der Waals surface area contributed by atoms with E-state index in [2.05, 4.69) is 14.8 Å². The van der Waals surface area contributed by atoms with Gasteiger partial charge in [0, 0.05) is 18.8 Å². The summed E-state index contributed by atoms with van der Waals surface area (Å²) in [5, 5.41) is 4.08. The van der Waals surface area contributed by atoms with Crippen LogP contribution in [0.5, 0.6) is 0 Å².